The van der Waals surface area contributed by atoms with Gasteiger partial charge in [-0.3, -0.25) is 9.10 Å². The molecule has 1 N–H and O–H groups in total. The topological polar surface area (TPSA) is 75.7 Å². The number of hydrogen-bond donors (Lipinski definition) is 1. The number of benzene rings is 3. The summed E-state index contributed by atoms with van der Waals surface area (Å²) in [6, 6.07) is 16.7. The van der Waals surface area contributed by atoms with Crippen LogP contribution in [0.4, 0.5) is 15.8 Å². The highest BCUT2D eigenvalue weighted by molar-refractivity contribution is 7.92. The van der Waals surface area contributed by atoms with Crippen LogP contribution < -0.4 is 14.4 Å². The Balaban J connectivity index is 1.66. The zero-order chi connectivity index (χ0) is 23.3. The van der Waals surface area contributed by atoms with Gasteiger partial charge in [-0.1, -0.05) is 41.4 Å². The first-order valence-corrected chi connectivity index (χ1v) is 11.9. The van der Waals surface area contributed by atoms with Gasteiger partial charge in [-0.25, -0.2) is 12.8 Å². The van der Waals surface area contributed by atoms with Crippen LogP contribution >= 0.6 is 23.2 Å². The van der Waals surface area contributed by atoms with Crippen molar-refractivity contribution in [2.45, 2.75) is 6.54 Å². The lowest BCUT2D eigenvalue weighted by atomic mass is 10.2. The molecule has 0 aromatic heterocycles. The van der Waals surface area contributed by atoms with Crippen molar-refractivity contribution in [3.63, 3.8) is 0 Å². The quantitative estimate of drug-likeness (QED) is 0.469. The Morgan fingerprint density at radius 1 is 1.00 bits per heavy atom. The molecule has 0 aliphatic carbocycles. The van der Waals surface area contributed by atoms with Gasteiger partial charge in [-0.05, 0) is 54.1 Å². The van der Waals surface area contributed by atoms with Gasteiger partial charge >= 0.3 is 0 Å². The molecule has 10 heteroatoms. The maximum atomic E-state index is 13.1. The first-order chi connectivity index (χ1) is 15.1. The Morgan fingerprint density at radius 2 is 1.59 bits per heavy atom. The predicted molar refractivity (Wildman–Crippen MR) is 124 cm³/mol. The average Bonchev–Trinajstić information content (AvgIpc) is 2.74. The van der Waals surface area contributed by atoms with E-state index in [0.717, 1.165) is 6.26 Å². The van der Waals surface area contributed by atoms with E-state index in [-0.39, 0.29) is 13.2 Å². The molecule has 3 rings (SSSR count). The molecular weight excluding hydrogens is 478 g/mol. The number of nitrogens with one attached hydrogen (secondary N) is 1. The maximum Gasteiger partial charge on any atom is 0.262 e. The molecule has 168 valence electrons. The van der Waals surface area contributed by atoms with Gasteiger partial charge in [0.1, 0.15) is 11.6 Å². The number of carbonyl (C=O) groups is 1. The van der Waals surface area contributed by atoms with Gasteiger partial charge in [0, 0.05) is 0 Å². The third kappa shape index (κ3) is 6.35. The van der Waals surface area contributed by atoms with E-state index in [9.17, 15) is 17.6 Å². The van der Waals surface area contributed by atoms with E-state index in [1.165, 1.54) is 28.6 Å². The van der Waals surface area contributed by atoms with E-state index in [2.05, 4.69) is 5.32 Å². The van der Waals surface area contributed by atoms with Gasteiger partial charge in [0.15, 0.2) is 6.61 Å². The van der Waals surface area contributed by atoms with Crippen LogP contribution in [0.1, 0.15) is 5.56 Å². The van der Waals surface area contributed by atoms with E-state index < -0.39 is 21.7 Å². The van der Waals surface area contributed by atoms with Gasteiger partial charge < -0.3 is 10.1 Å². The van der Waals surface area contributed by atoms with Crippen LogP contribution in [0.25, 0.3) is 0 Å². The Labute approximate surface area is 195 Å². The molecule has 0 radical (unpaired) electrons. The number of anilines is 2. The molecule has 32 heavy (non-hydrogen) atoms. The summed E-state index contributed by atoms with van der Waals surface area (Å²) in [6.45, 7) is -0.257. The van der Waals surface area contributed by atoms with E-state index in [1.807, 2.05) is 0 Å². The van der Waals surface area contributed by atoms with E-state index in [1.54, 1.807) is 42.5 Å². The molecular formula is C22H19Cl2FN2O4S. The van der Waals surface area contributed by atoms with E-state index >= 15 is 0 Å². The van der Waals surface area contributed by atoms with Crippen LogP contribution in [-0.4, -0.2) is 27.2 Å². The Kier molecular flexibility index (Phi) is 7.60. The van der Waals surface area contributed by atoms with Crippen molar-refractivity contribution in [3.05, 3.63) is 88.2 Å². The minimum Gasteiger partial charge on any atom is -0.484 e. The molecule has 3 aromatic rings. The number of ether oxygens (including phenoxy) is 1. The SMILES string of the molecule is CS(=O)(=O)N(Cc1ccc(F)cc1)c1ccc(OCC(=O)Nc2c(Cl)cccc2Cl)cc1. The summed E-state index contributed by atoms with van der Waals surface area (Å²) >= 11 is 12.1. The van der Waals surface area contributed by atoms with Crippen molar-refractivity contribution < 1.29 is 22.3 Å². The standard InChI is InChI=1S/C22H19Cl2FN2O4S/c1-32(29,30)27(13-15-5-7-16(25)8-6-15)17-9-11-18(12-10-17)31-14-21(28)26-22-19(23)3-2-4-20(22)24/h2-12H,13-14H2,1H3,(H,26,28). The third-order valence-corrected chi connectivity index (χ3v) is 6.13. The van der Waals surface area contributed by atoms with Crippen molar-refractivity contribution >= 4 is 50.5 Å². The second-order valence-corrected chi connectivity index (χ2v) is 9.54. The van der Waals surface area contributed by atoms with Gasteiger partial charge in [0.25, 0.3) is 5.91 Å². The first kappa shape index (κ1) is 23.8. The minimum atomic E-state index is -3.60. The number of sulfonamides is 1. The molecule has 6 nitrogen and oxygen atoms in total. The number of hydrogen-bond acceptors (Lipinski definition) is 4. The number of nitrogens with zero attached hydrogens (tertiary/aromatic N) is 1. The number of amides is 1. The zero-order valence-corrected chi connectivity index (χ0v) is 19.2. The summed E-state index contributed by atoms with van der Waals surface area (Å²) in [6.07, 6.45) is 1.09. The summed E-state index contributed by atoms with van der Waals surface area (Å²) in [5, 5.41) is 3.19. The lowest BCUT2D eigenvalue weighted by Gasteiger charge is -2.23. The van der Waals surface area contributed by atoms with Gasteiger partial charge in [0.05, 0.1) is 34.2 Å². The lowest BCUT2D eigenvalue weighted by molar-refractivity contribution is -0.118. The van der Waals surface area contributed by atoms with Crippen molar-refractivity contribution in [2.24, 2.45) is 0 Å². The molecule has 0 heterocycles. The molecule has 0 saturated heterocycles. The zero-order valence-electron chi connectivity index (χ0n) is 16.9. The minimum absolute atomic E-state index is 0.0420. The summed E-state index contributed by atoms with van der Waals surface area (Å²) in [4.78, 5) is 12.2. The van der Waals surface area contributed by atoms with Crippen LogP contribution in [0, 0.1) is 5.82 Å². The highest BCUT2D eigenvalue weighted by Gasteiger charge is 2.18. The summed E-state index contributed by atoms with van der Waals surface area (Å²) in [5.74, 6) is -0.496. The Bertz CT molecular complexity index is 1180. The molecule has 0 unspecified atom stereocenters. The van der Waals surface area contributed by atoms with Crippen LogP contribution in [0.3, 0.4) is 0 Å². The molecule has 0 spiro atoms. The van der Waals surface area contributed by atoms with Crippen LogP contribution in [0.15, 0.2) is 66.7 Å². The second kappa shape index (κ2) is 10.2. The Hall–Kier alpha value is -2.81. The number of rotatable bonds is 8. The third-order valence-electron chi connectivity index (χ3n) is 4.36. The highest BCUT2D eigenvalue weighted by atomic mass is 35.5. The molecule has 0 atom stereocenters. The molecule has 0 bridgehead atoms. The van der Waals surface area contributed by atoms with Crippen molar-refractivity contribution in [1.29, 1.82) is 0 Å². The fraction of sp³-hybridized carbons (Fsp3) is 0.136. The number of para-hydroxylation sites is 1. The molecule has 0 saturated carbocycles. The molecule has 1 amide bonds. The lowest BCUT2D eigenvalue weighted by Crippen LogP contribution is -2.29. The maximum absolute atomic E-state index is 13.1. The highest BCUT2D eigenvalue weighted by Crippen LogP contribution is 2.30. The molecule has 0 aliphatic heterocycles. The van der Waals surface area contributed by atoms with Crippen LogP contribution in [-0.2, 0) is 21.4 Å². The van der Waals surface area contributed by atoms with Gasteiger partial charge in [-0.15, -0.1) is 0 Å². The fourth-order valence-electron chi connectivity index (χ4n) is 2.81. The smallest absolute Gasteiger partial charge is 0.262 e. The van der Waals surface area contributed by atoms with Crippen molar-refractivity contribution in [1.82, 2.24) is 0 Å². The monoisotopic (exact) mass is 496 g/mol. The van der Waals surface area contributed by atoms with Crippen LogP contribution in [0.2, 0.25) is 10.0 Å². The molecule has 3 aromatic carbocycles. The number of halogens is 3. The van der Waals surface area contributed by atoms with E-state index in [0.29, 0.717) is 32.7 Å². The largest absolute Gasteiger partial charge is 0.484 e. The van der Waals surface area contributed by atoms with Crippen molar-refractivity contribution in [2.75, 3.05) is 22.5 Å². The first-order valence-electron chi connectivity index (χ1n) is 9.32. The van der Waals surface area contributed by atoms with Gasteiger partial charge in [-0.2, -0.15) is 0 Å². The Morgan fingerprint density at radius 3 is 2.16 bits per heavy atom. The second-order valence-electron chi connectivity index (χ2n) is 6.82. The van der Waals surface area contributed by atoms with Crippen LogP contribution in [0.5, 0.6) is 5.75 Å². The summed E-state index contributed by atoms with van der Waals surface area (Å²) in [7, 11) is -3.60. The van der Waals surface area contributed by atoms with Gasteiger partial charge in [0.2, 0.25) is 10.0 Å². The predicted octanol–water partition coefficient (Wildman–Crippen LogP) is 5.12. The average molecular weight is 497 g/mol. The fourth-order valence-corrected chi connectivity index (χ4v) is 4.19. The molecule has 0 aliphatic rings. The summed E-state index contributed by atoms with van der Waals surface area (Å²) in [5.41, 5.74) is 1.33. The number of carbonyl (C=O) groups excluding carboxylic acids is 1. The molecule has 0 fully saturated rings. The van der Waals surface area contributed by atoms with Crippen molar-refractivity contribution in [3.8, 4) is 5.75 Å². The normalized spacial score (nSPS) is 11.1. The van der Waals surface area contributed by atoms with E-state index in [4.69, 9.17) is 27.9 Å². The summed E-state index contributed by atoms with van der Waals surface area (Å²) < 4.78 is 44.3.